The Morgan fingerprint density at radius 1 is 1.90 bits per heavy atom. The highest BCUT2D eigenvalue weighted by atomic mass is 16.1. The van der Waals surface area contributed by atoms with Crippen LogP contribution < -0.4 is 5.73 Å². The van der Waals surface area contributed by atoms with Crippen molar-refractivity contribution in [1.29, 1.82) is 0 Å². The molecule has 0 aliphatic carbocycles. The highest BCUT2D eigenvalue weighted by molar-refractivity contribution is 5.77. The predicted octanol–water partition coefficient (Wildman–Crippen LogP) is 0.687. The molecule has 0 saturated heterocycles. The molecule has 0 heterocycles. The zero-order valence-electron chi connectivity index (χ0n) is 5.84. The summed E-state index contributed by atoms with van der Waals surface area (Å²) in [4.78, 5) is 10.6. The Kier molecular flexibility index (Phi) is 4.06. The molecule has 10 heavy (non-hydrogen) atoms. The summed E-state index contributed by atoms with van der Waals surface area (Å²) in [5, 5.41) is 0. The van der Waals surface area contributed by atoms with Crippen LogP contribution in [-0.2, 0) is 4.79 Å². The smallest absolute Gasteiger partial charge is 0.221 e. The van der Waals surface area contributed by atoms with E-state index in [1.807, 2.05) is 0 Å². The lowest BCUT2D eigenvalue weighted by Crippen LogP contribution is -2.22. The van der Waals surface area contributed by atoms with E-state index in [9.17, 15) is 4.79 Å². The number of amides is 1. The van der Waals surface area contributed by atoms with Crippen molar-refractivity contribution in [2.24, 2.45) is 11.7 Å². The Hall–Kier alpha value is -1.23. The van der Waals surface area contributed by atoms with Gasteiger partial charge in [-0.1, -0.05) is 6.08 Å². The summed E-state index contributed by atoms with van der Waals surface area (Å²) in [6, 6.07) is 0. The van der Waals surface area contributed by atoms with Crippen LogP contribution in [0.1, 0.15) is 12.8 Å². The summed E-state index contributed by atoms with van der Waals surface area (Å²) >= 11 is 0. The number of carbonyl (C=O) groups is 1. The first kappa shape index (κ1) is 8.77. The van der Waals surface area contributed by atoms with Gasteiger partial charge in [0.1, 0.15) is 0 Å². The van der Waals surface area contributed by atoms with Crippen LogP contribution in [0.2, 0.25) is 0 Å². The molecule has 1 amide bonds. The van der Waals surface area contributed by atoms with E-state index in [0.29, 0.717) is 12.8 Å². The second kappa shape index (κ2) is 4.63. The van der Waals surface area contributed by atoms with Gasteiger partial charge in [0, 0.05) is 6.42 Å². The maximum Gasteiger partial charge on any atom is 0.221 e. The average molecular weight is 137 g/mol. The van der Waals surface area contributed by atoms with Crippen LogP contribution in [0.3, 0.4) is 0 Å². The number of carbonyl (C=O) groups excluding carboxylic acids is 1. The molecule has 0 aromatic heterocycles. The standard InChI is InChI=1S/C8H11NO/c1-3-5-7(6-4-2)8(9)10/h1,4,7H,2,5-6H2,(H2,9,10). The van der Waals surface area contributed by atoms with Crippen LogP contribution in [0, 0.1) is 18.3 Å². The molecule has 0 saturated carbocycles. The molecule has 0 bridgehead atoms. The molecule has 1 unspecified atom stereocenters. The Balaban J connectivity index is 3.86. The largest absolute Gasteiger partial charge is 0.369 e. The van der Waals surface area contributed by atoms with E-state index >= 15 is 0 Å². The monoisotopic (exact) mass is 137 g/mol. The Labute approximate surface area is 61.1 Å². The Bertz CT molecular complexity index is 167. The summed E-state index contributed by atoms with van der Waals surface area (Å²) < 4.78 is 0. The molecule has 0 aromatic carbocycles. The van der Waals surface area contributed by atoms with Gasteiger partial charge in [-0.15, -0.1) is 18.9 Å². The number of rotatable bonds is 4. The van der Waals surface area contributed by atoms with Crippen LogP contribution in [0.4, 0.5) is 0 Å². The fourth-order valence-electron chi connectivity index (χ4n) is 0.644. The maximum absolute atomic E-state index is 10.6. The lowest BCUT2D eigenvalue weighted by Gasteiger charge is -2.04. The lowest BCUT2D eigenvalue weighted by atomic mass is 10.0. The maximum atomic E-state index is 10.6. The Morgan fingerprint density at radius 2 is 2.50 bits per heavy atom. The molecule has 0 aliphatic rings. The van der Waals surface area contributed by atoms with Gasteiger partial charge in [-0.25, -0.2) is 0 Å². The van der Waals surface area contributed by atoms with Gasteiger partial charge < -0.3 is 5.73 Å². The van der Waals surface area contributed by atoms with Crippen LogP contribution >= 0.6 is 0 Å². The average Bonchev–Trinajstić information content (AvgIpc) is 1.87. The second-order valence-corrected chi connectivity index (χ2v) is 2.03. The Morgan fingerprint density at radius 3 is 2.80 bits per heavy atom. The summed E-state index contributed by atoms with van der Waals surface area (Å²) in [5.41, 5.74) is 5.03. The summed E-state index contributed by atoms with van der Waals surface area (Å²) in [6.07, 6.45) is 7.62. The van der Waals surface area contributed by atoms with Gasteiger partial charge in [-0.3, -0.25) is 4.79 Å². The lowest BCUT2D eigenvalue weighted by molar-refractivity contribution is -0.121. The van der Waals surface area contributed by atoms with Crippen LogP contribution in [0.15, 0.2) is 12.7 Å². The van der Waals surface area contributed by atoms with E-state index in [-0.39, 0.29) is 11.8 Å². The van der Waals surface area contributed by atoms with Crippen molar-refractivity contribution < 1.29 is 4.79 Å². The number of nitrogens with two attached hydrogens (primary N) is 1. The van der Waals surface area contributed by atoms with Gasteiger partial charge in [0.15, 0.2) is 0 Å². The van der Waals surface area contributed by atoms with Crippen molar-refractivity contribution >= 4 is 5.91 Å². The van der Waals surface area contributed by atoms with Crippen molar-refractivity contribution in [3.8, 4) is 12.3 Å². The predicted molar refractivity (Wildman–Crippen MR) is 40.9 cm³/mol. The van der Waals surface area contributed by atoms with E-state index < -0.39 is 0 Å². The topological polar surface area (TPSA) is 43.1 Å². The first-order chi connectivity index (χ1) is 4.72. The number of hydrogen-bond donors (Lipinski definition) is 1. The second-order valence-electron chi connectivity index (χ2n) is 2.03. The molecule has 0 aromatic rings. The van der Waals surface area contributed by atoms with E-state index in [0.717, 1.165) is 0 Å². The minimum absolute atomic E-state index is 0.234. The van der Waals surface area contributed by atoms with Gasteiger partial charge in [-0.2, -0.15) is 0 Å². The van der Waals surface area contributed by atoms with Crippen molar-refractivity contribution in [2.45, 2.75) is 12.8 Å². The molecule has 0 rings (SSSR count). The molecule has 1 atom stereocenters. The minimum Gasteiger partial charge on any atom is -0.369 e. The molecular weight excluding hydrogens is 126 g/mol. The third-order valence-corrected chi connectivity index (χ3v) is 1.22. The quantitative estimate of drug-likeness (QED) is 0.449. The number of hydrogen-bond acceptors (Lipinski definition) is 1. The van der Waals surface area contributed by atoms with Crippen molar-refractivity contribution in [3.05, 3.63) is 12.7 Å². The molecule has 2 N–H and O–H groups in total. The van der Waals surface area contributed by atoms with Crippen molar-refractivity contribution in [3.63, 3.8) is 0 Å². The molecular formula is C8H11NO. The molecule has 0 fully saturated rings. The zero-order chi connectivity index (χ0) is 7.98. The highest BCUT2D eigenvalue weighted by Crippen LogP contribution is 2.06. The van der Waals surface area contributed by atoms with Crippen LogP contribution in [0.25, 0.3) is 0 Å². The number of terminal acetylenes is 1. The van der Waals surface area contributed by atoms with E-state index in [4.69, 9.17) is 12.2 Å². The molecule has 2 nitrogen and oxygen atoms in total. The van der Waals surface area contributed by atoms with Gasteiger partial charge in [0.2, 0.25) is 5.91 Å². The SMILES string of the molecule is C#CCC(CC=C)C(N)=O. The van der Waals surface area contributed by atoms with E-state index in [2.05, 4.69) is 12.5 Å². The molecule has 0 radical (unpaired) electrons. The van der Waals surface area contributed by atoms with Gasteiger partial charge in [0.05, 0.1) is 5.92 Å². The van der Waals surface area contributed by atoms with Gasteiger partial charge in [-0.05, 0) is 6.42 Å². The van der Waals surface area contributed by atoms with E-state index in [1.54, 1.807) is 6.08 Å². The molecule has 0 spiro atoms. The van der Waals surface area contributed by atoms with Gasteiger partial charge in [0.25, 0.3) is 0 Å². The first-order valence-corrected chi connectivity index (χ1v) is 3.06. The first-order valence-electron chi connectivity index (χ1n) is 3.06. The minimum atomic E-state index is -0.349. The normalized spacial score (nSPS) is 11.5. The zero-order valence-corrected chi connectivity index (χ0v) is 5.84. The summed E-state index contributed by atoms with van der Waals surface area (Å²) in [6.45, 7) is 3.49. The molecule has 54 valence electrons. The molecule has 2 heteroatoms. The van der Waals surface area contributed by atoms with Gasteiger partial charge >= 0.3 is 0 Å². The van der Waals surface area contributed by atoms with Crippen molar-refractivity contribution in [2.75, 3.05) is 0 Å². The van der Waals surface area contributed by atoms with Crippen molar-refractivity contribution in [1.82, 2.24) is 0 Å². The fourth-order valence-corrected chi connectivity index (χ4v) is 0.644. The summed E-state index contributed by atoms with van der Waals surface area (Å²) in [5.74, 6) is 1.80. The number of primary amides is 1. The van der Waals surface area contributed by atoms with Crippen LogP contribution in [0.5, 0.6) is 0 Å². The highest BCUT2D eigenvalue weighted by Gasteiger charge is 2.10. The fraction of sp³-hybridized carbons (Fsp3) is 0.375. The third-order valence-electron chi connectivity index (χ3n) is 1.22. The van der Waals surface area contributed by atoms with E-state index in [1.165, 1.54) is 0 Å². The van der Waals surface area contributed by atoms with Crippen LogP contribution in [-0.4, -0.2) is 5.91 Å². The summed E-state index contributed by atoms with van der Waals surface area (Å²) in [7, 11) is 0. The third kappa shape index (κ3) is 2.93. The number of allylic oxidation sites excluding steroid dienone is 1. The molecule has 0 aliphatic heterocycles.